The molecule has 0 aliphatic rings. The normalized spacial score (nSPS) is 14.4. The van der Waals surface area contributed by atoms with E-state index in [0.717, 1.165) is 12.8 Å². The lowest BCUT2D eigenvalue weighted by molar-refractivity contribution is 0.542. The Balaban J connectivity index is 3.87. The van der Waals surface area contributed by atoms with Crippen molar-refractivity contribution in [3.05, 3.63) is 0 Å². The highest BCUT2D eigenvalue weighted by Crippen LogP contribution is 1.97. The van der Waals surface area contributed by atoms with Gasteiger partial charge in [0.25, 0.3) is 0 Å². The second-order valence-corrected chi connectivity index (χ2v) is 5.10. The smallest absolute Gasteiger partial charge is 0.213 e. The molecule has 0 aromatic heterocycles. The van der Waals surface area contributed by atoms with Crippen molar-refractivity contribution in [3.63, 3.8) is 0 Å². The van der Waals surface area contributed by atoms with Crippen LogP contribution in [0, 0.1) is 0 Å². The van der Waals surface area contributed by atoms with Crippen LogP contribution in [0.4, 0.5) is 0 Å². The van der Waals surface area contributed by atoms with E-state index in [1.807, 2.05) is 13.8 Å². The zero-order valence-electron chi connectivity index (χ0n) is 8.63. The van der Waals surface area contributed by atoms with Crippen LogP contribution in [0.25, 0.3) is 0 Å². The summed E-state index contributed by atoms with van der Waals surface area (Å²) in [5.74, 6) is 0.150. The van der Waals surface area contributed by atoms with E-state index < -0.39 is 10.0 Å². The van der Waals surface area contributed by atoms with Gasteiger partial charge in [0.15, 0.2) is 0 Å². The van der Waals surface area contributed by atoms with Crippen LogP contribution in [-0.2, 0) is 10.0 Å². The lowest BCUT2D eigenvalue weighted by Crippen LogP contribution is -2.36. The van der Waals surface area contributed by atoms with E-state index in [0.29, 0.717) is 6.54 Å². The SMILES string of the molecule is CCCC(C)NS(=O)(=O)CCNC. The molecule has 0 rings (SSSR count). The van der Waals surface area contributed by atoms with Crippen LogP contribution >= 0.6 is 0 Å². The second kappa shape index (κ2) is 6.34. The standard InChI is InChI=1S/C8H20N2O2S/c1-4-5-8(2)10-13(11,12)7-6-9-3/h8-10H,4-7H2,1-3H3. The van der Waals surface area contributed by atoms with Gasteiger partial charge in [-0.2, -0.15) is 0 Å². The fraction of sp³-hybridized carbons (Fsp3) is 1.00. The summed E-state index contributed by atoms with van der Waals surface area (Å²) < 4.78 is 25.3. The highest BCUT2D eigenvalue weighted by atomic mass is 32.2. The van der Waals surface area contributed by atoms with Crippen LogP contribution in [0.15, 0.2) is 0 Å². The zero-order valence-corrected chi connectivity index (χ0v) is 9.45. The number of hydrogen-bond acceptors (Lipinski definition) is 3. The van der Waals surface area contributed by atoms with Gasteiger partial charge in [0.2, 0.25) is 10.0 Å². The van der Waals surface area contributed by atoms with Crippen molar-refractivity contribution in [2.75, 3.05) is 19.3 Å². The van der Waals surface area contributed by atoms with Crippen molar-refractivity contribution >= 4 is 10.0 Å². The summed E-state index contributed by atoms with van der Waals surface area (Å²) in [5, 5.41) is 2.81. The van der Waals surface area contributed by atoms with Gasteiger partial charge in [-0.3, -0.25) is 0 Å². The minimum Gasteiger partial charge on any atom is -0.319 e. The third kappa shape index (κ3) is 6.98. The van der Waals surface area contributed by atoms with Gasteiger partial charge in [-0.1, -0.05) is 13.3 Å². The van der Waals surface area contributed by atoms with E-state index in [-0.39, 0.29) is 11.8 Å². The fourth-order valence-electron chi connectivity index (χ4n) is 1.09. The van der Waals surface area contributed by atoms with Gasteiger partial charge in [0, 0.05) is 12.6 Å². The maximum Gasteiger partial charge on any atom is 0.213 e. The minimum atomic E-state index is -3.08. The van der Waals surface area contributed by atoms with Crippen LogP contribution < -0.4 is 10.0 Å². The molecule has 0 aromatic rings. The van der Waals surface area contributed by atoms with Gasteiger partial charge >= 0.3 is 0 Å². The van der Waals surface area contributed by atoms with Gasteiger partial charge in [-0.15, -0.1) is 0 Å². The second-order valence-electron chi connectivity index (χ2n) is 3.23. The predicted molar refractivity (Wildman–Crippen MR) is 55.2 cm³/mol. The third-order valence-electron chi connectivity index (χ3n) is 1.72. The number of sulfonamides is 1. The zero-order chi connectivity index (χ0) is 10.3. The Morgan fingerprint density at radius 1 is 1.38 bits per heavy atom. The lowest BCUT2D eigenvalue weighted by Gasteiger charge is -2.12. The van der Waals surface area contributed by atoms with Gasteiger partial charge in [-0.05, 0) is 20.4 Å². The third-order valence-corrected chi connectivity index (χ3v) is 3.23. The van der Waals surface area contributed by atoms with E-state index in [9.17, 15) is 8.42 Å². The molecule has 0 saturated heterocycles. The molecule has 1 unspecified atom stereocenters. The first kappa shape index (κ1) is 12.9. The molecule has 0 amide bonds. The predicted octanol–water partition coefficient (Wildman–Crippen LogP) is 0.314. The van der Waals surface area contributed by atoms with Crippen molar-refractivity contribution in [1.29, 1.82) is 0 Å². The highest BCUT2D eigenvalue weighted by molar-refractivity contribution is 7.89. The van der Waals surface area contributed by atoms with E-state index in [4.69, 9.17) is 0 Å². The summed E-state index contributed by atoms with van der Waals surface area (Å²) in [6, 6.07) is 0.0480. The van der Waals surface area contributed by atoms with Crippen LogP contribution in [0.5, 0.6) is 0 Å². The lowest BCUT2D eigenvalue weighted by atomic mass is 10.2. The summed E-state index contributed by atoms with van der Waals surface area (Å²) in [6.45, 7) is 4.42. The topological polar surface area (TPSA) is 58.2 Å². The molecular weight excluding hydrogens is 188 g/mol. The molecule has 0 bridgehead atoms. The van der Waals surface area contributed by atoms with Crippen molar-refractivity contribution in [1.82, 2.24) is 10.0 Å². The molecule has 0 aromatic carbocycles. The molecule has 0 heterocycles. The quantitative estimate of drug-likeness (QED) is 0.633. The molecule has 0 aliphatic heterocycles. The summed E-state index contributed by atoms with van der Waals surface area (Å²) in [7, 11) is -1.34. The number of rotatable bonds is 7. The van der Waals surface area contributed by atoms with Gasteiger partial charge in [0.1, 0.15) is 0 Å². The summed E-state index contributed by atoms with van der Waals surface area (Å²) in [5.41, 5.74) is 0. The van der Waals surface area contributed by atoms with Crippen molar-refractivity contribution < 1.29 is 8.42 Å². The molecule has 0 aliphatic carbocycles. The Bertz CT molecular complexity index is 214. The van der Waals surface area contributed by atoms with Gasteiger partial charge in [0.05, 0.1) is 5.75 Å². The molecule has 2 N–H and O–H groups in total. The minimum absolute atomic E-state index is 0.0480. The van der Waals surface area contributed by atoms with Gasteiger partial charge < -0.3 is 5.32 Å². The summed E-state index contributed by atoms with van der Waals surface area (Å²) in [6.07, 6.45) is 1.88. The number of nitrogens with one attached hydrogen (secondary N) is 2. The molecule has 1 atom stereocenters. The van der Waals surface area contributed by atoms with E-state index in [1.165, 1.54) is 0 Å². The Labute approximate surface area is 81.2 Å². The molecule has 80 valence electrons. The maximum absolute atomic E-state index is 11.3. The summed E-state index contributed by atoms with van der Waals surface area (Å²) >= 11 is 0. The van der Waals surface area contributed by atoms with E-state index in [1.54, 1.807) is 7.05 Å². The van der Waals surface area contributed by atoms with Gasteiger partial charge in [-0.25, -0.2) is 13.1 Å². The molecule has 0 spiro atoms. The highest BCUT2D eigenvalue weighted by Gasteiger charge is 2.12. The van der Waals surface area contributed by atoms with E-state index in [2.05, 4.69) is 10.0 Å². The van der Waals surface area contributed by atoms with Crippen LogP contribution in [0.2, 0.25) is 0 Å². The molecular formula is C8H20N2O2S. The Kier molecular flexibility index (Phi) is 6.28. The first-order valence-corrected chi connectivity index (χ1v) is 6.31. The first-order chi connectivity index (χ1) is 6.02. The van der Waals surface area contributed by atoms with Crippen molar-refractivity contribution in [2.45, 2.75) is 32.7 Å². The summed E-state index contributed by atoms with van der Waals surface area (Å²) in [4.78, 5) is 0. The molecule has 0 fully saturated rings. The van der Waals surface area contributed by atoms with E-state index >= 15 is 0 Å². The number of hydrogen-bond donors (Lipinski definition) is 2. The largest absolute Gasteiger partial charge is 0.319 e. The first-order valence-electron chi connectivity index (χ1n) is 4.66. The van der Waals surface area contributed by atoms with Crippen LogP contribution in [0.1, 0.15) is 26.7 Å². The molecule has 5 heteroatoms. The Hall–Kier alpha value is -0.130. The van der Waals surface area contributed by atoms with Crippen LogP contribution in [0.3, 0.4) is 0 Å². The van der Waals surface area contributed by atoms with Crippen LogP contribution in [-0.4, -0.2) is 33.8 Å². The Morgan fingerprint density at radius 2 is 2.00 bits per heavy atom. The van der Waals surface area contributed by atoms with Crippen molar-refractivity contribution in [2.24, 2.45) is 0 Å². The Morgan fingerprint density at radius 3 is 2.46 bits per heavy atom. The maximum atomic E-state index is 11.3. The molecule has 4 nitrogen and oxygen atoms in total. The van der Waals surface area contributed by atoms with Crippen molar-refractivity contribution in [3.8, 4) is 0 Å². The average molecular weight is 208 g/mol. The fourth-order valence-corrected chi connectivity index (χ4v) is 2.42. The molecule has 0 saturated carbocycles. The molecule has 0 radical (unpaired) electrons. The average Bonchev–Trinajstić information content (AvgIpc) is 2.00. The monoisotopic (exact) mass is 208 g/mol. The molecule has 13 heavy (non-hydrogen) atoms.